The molecule has 0 unspecified atom stereocenters. The van der Waals surface area contributed by atoms with E-state index in [1.54, 1.807) is 5.38 Å². The van der Waals surface area contributed by atoms with Crippen molar-refractivity contribution in [3.05, 3.63) is 11.4 Å². The molecule has 0 atom stereocenters. The van der Waals surface area contributed by atoms with Crippen LogP contribution in [0.25, 0.3) is 0 Å². The first-order valence-electron chi connectivity index (χ1n) is 4.94. The van der Waals surface area contributed by atoms with E-state index < -0.39 is 10.0 Å². The minimum absolute atomic E-state index is 0. The van der Waals surface area contributed by atoms with Crippen LogP contribution in [0.15, 0.2) is 15.7 Å². The normalized spacial score (nSPS) is 16.9. The van der Waals surface area contributed by atoms with E-state index in [2.05, 4.69) is 4.90 Å². The maximum absolute atomic E-state index is 11.3. The van der Waals surface area contributed by atoms with Gasteiger partial charge in [0.2, 0.25) is 10.0 Å². The number of primary sulfonamides is 1. The Labute approximate surface area is 106 Å². The number of nitrogens with two attached hydrogens (primary N) is 1. The van der Waals surface area contributed by atoms with Crippen LogP contribution in [0, 0.1) is 0 Å². The molecule has 1 aliphatic rings. The zero-order valence-electron chi connectivity index (χ0n) is 8.76. The van der Waals surface area contributed by atoms with Crippen LogP contribution in [-0.4, -0.2) is 21.5 Å². The largest absolute Gasteiger partial charge is 0.370 e. The second-order valence-electron chi connectivity index (χ2n) is 3.69. The standard InChI is InChI=1S/C9H14N2O2S2.ClH/c10-15(12,13)9-8(4-7-14-9)11-5-2-1-3-6-11;/h4,7H,1-3,5-6H2,(H2,10,12,13);1H. The molecule has 2 N–H and O–H groups in total. The molecule has 1 aromatic heterocycles. The summed E-state index contributed by atoms with van der Waals surface area (Å²) in [7, 11) is -3.56. The quantitative estimate of drug-likeness (QED) is 0.900. The number of hydrogen-bond acceptors (Lipinski definition) is 4. The Balaban J connectivity index is 0.00000128. The van der Waals surface area contributed by atoms with Gasteiger partial charge in [0.15, 0.2) is 4.21 Å². The minimum Gasteiger partial charge on any atom is -0.370 e. The number of nitrogens with zero attached hydrogens (tertiary/aromatic N) is 1. The van der Waals surface area contributed by atoms with Gasteiger partial charge < -0.3 is 4.90 Å². The van der Waals surface area contributed by atoms with E-state index in [1.165, 1.54) is 17.8 Å². The van der Waals surface area contributed by atoms with Crippen molar-refractivity contribution < 1.29 is 8.42 Å². The van der Waals surface area contributed by atoms with Crippen molar-refractivity contribution in [2.45, 2.75) is 23.5 Å². The first-order chi connectivity index (χ1) is 7.09. The summed E-state index contributed by atoms with van der Waals surface area (Å²) < 4.78 is 22.9. The second kappa shape index (κ2) is 5.35. The Morgan fingerprint density at radius 3 is 2.44 bits per heavy atom. The molecule has 16 heavy (non-hydrogen) atoms. The Morgan fingerprint density at radius 1 is 1.25 bits per heavy atom. The van der Waals surface area contributed by atoms with Crippen LogP contribution in [0.2, 0.25) is 0 Å². The number of sulfonamides is 1. The Morgan fingerprint density at radius 2 is 1.88 bits per heavy atom. The summed E-state index contributed by atoms with van der Waals surface area (Å²) in [6.07, 6.45) is 3.48. The predicted molar refractivity (Wildman–Crippen MR) is 69.0 cm³/mol. The highest BCUT2D eigenvalue weighted by Gasteiger charge is 2.21. The van der Waals surface area contributed by atoms with E-state index in [-0.39, 0.29) is 12.4 Å². The van der Waals surface area contributed by atoms with Gasteiger partial charge in [-0.2, -0.15) is 0 Å². The number of rotatable bonds is 2. The molecule has 0 radical (unpaired) electrons. The van der Waals surface area contributed by atoms with Gasteiger partial charge in [0, 0.05) is 13.1 Å². The van der Waals surface area contributed by atoms with Crippen molar-refractivity contribution in [2.75, 3.05) is 18.0 Å². The minimum atomic E-state index is -3.56. The van der Waals surface area contributed by atoms with Crippen LogP contribution < -0.4 is 10.0 Å². The summed E-state index contributed by atoms with van der Waals surface area (Å²) in [5.41, 5.74) is 0.780. The number of piperidine rings is 1. The lowest BCUT2D eigenvalue weighted by Gasteiger charge is -2.28. The number of thiophene rings is 1. The van der Waals surface area contributed by atoms with E-state index in [4.69, 9.17) is 5.14 Å². The van der Waals surface area contributed by atoms with Crippen molar-refractivity contribution in [3.8, 4) is 0 Å². The number of halogens is 1. The monoisotopic (exact) mass is 282 g/mol. The highest BCUT2D eigenvalue weighted by Crippen LogP contribution is 2.31. The van der Waals surface area contributed by atoms with Gasteiger partial charge in [-0.1, -0.05) is 0 Å². The highest BCUT2D eigenvalue weighted by molar-refractivity contribution is 7.91. The van der Waals surface area contributed by atoms with Crippen molar-refractivity contribution in [1.29, 1.82) is 0 Å². The molecule has 7 heteroatoms. The fraction of sp³-hybridized carbons (Fsp3) is 0.556. The molecule has 0 saturated carbocycles. The van der Waals surface area contributed by atoms with Crippen molar-refractivity contribution in [3.63, 3.8) is 0 Å². The van der Waals surface area contributed by atoms with E-state index >= 15 is 0 Å². The van der Waals surface area contributed by atoms with Gasteiger partial charge in [-0.3, -0.25) is 0 Å². The van der Waals surface area contributed by atoms with Crippen LogP contribution in [0.5, 0.6) is 0 Å². The molecular formula is C9H15ClN2O2S2. The van der Waals surface area contributed by atoms with Gasteiger partial charge in [0.1, 0.15) is 0 Å². The number of anilines is 1. The molecule has 4 nitrogen and oxygen atoms in total. The summed E-state index contributed by atoms with van der Waals surface area (Å²) in [6, 6.07) is 1.84. The molecule has 0 amide bonds. The van der Waals surface area contributed by atoms with Crippen molar-refractivity contribution >= 4 is 39.5 Å². The topological polar surface area (TPSA) is 63.4 Å². The van der Waals surface area contributed by atoms with E-state index in [1.807, 2.05) is 6.07 Å². The molecule has 1 saturated heterocycles. The van der Waals surface area contributed by atoms with Crippen molar-refractivity contribution in [1.82, 2.24) is 0 Å². The van der Waals surface area contributed by atoms with Crippen LogP contribution in [0.1, 0.15) is 19.3 Å². The predicted octanol–water partition coefficient (Wildman–Crippen LogP) is 1.81. The lowest BCUT2D eigenvalue weighted by molar-refractivity contribution is 0.573. The van der Waals surface area contributed by atoms with E-state index in [9.17, 15) is 8.42 Å². The third kappa shape index (κ3) is 2.88. The summed E-state index contributed by atoms with van der Waals surface area (Å²) in [5, 5.41) is 6.95. The fourth-order valence-electron chi connectivity index (χ4n) is 1.87. The second-order valence-corrected chi connectivity index (χ2v) is 6.36. The molecule has 0 aromatic carbocycles. The molecule has 2 rings (SSSR count). The van der Waals surface area contributed by atoms with Crippen LogP contribution in [-0.2, 0) is 10.0 Å². The first-order valence-corrected chi connectivity index (χ1v) is 7.37. The summed E-state index contributed by atoms with van der Waals surface area (Å²) in [6.45, 7) is 1.86. The van der Waals surface area contributed by atoms with Gasteiger partial charge in [0.25, 0.3) is 0 Å². The van der Waals surface area contributed by atoms with Gasteiger partial charge in [0.05, 0.1) is 5.69 Å². The first kappa shape index (κ1) is 13.8. The SMILES string of the molecule is Cl.NS(=O)(=O)c1sccc1N1CCCCC1. The molecule has 0 bridgehead atoms. The molecular weight excluding hydrogens is 268 g/mol. The molecule has 0 aliphatic carbocycles. The highest BCUT2D eigenvalue weighted by atomic mass is 35.5. The zero-order chi connectivity index (χ0) is 10.9. The number of hydrogen-bond donors (Lipinski definition) is 1. The van der Waals surface area contributed by atoms with Gasteiger partial charge >= 0.3 is 0 Å². The average Bonchev–Trinajstić information content (AvgIpc) is 2.67. The summed E-state index contributed by atoms with van der Waals surface area (Å²) >= 11 is 1.20. The van der Waals surface area contributed by atoms with Gasteiger partial charge in [-0.25, -0.2) is 13.6 Å². The van der Waals surface area contributed by atoms with Gasteiger partial charge in [-0.05, 0) is 30.7 Å². The maximum Gasteiger partial charge on any atom is 0.249 e. The molecule has 2 heterocycles. The Hall–Kier alpha value is -0.300. The van der Waals surface area contributed by atoms with E-state index in [0.29, 0.717) is 4.21 Å². The fourth-order valence-corrected chi connectivity index (χ4v) is 3.70. The zero-order valence-corrected chi connectivity index (χ0v) is 11.2. The maximum atomic E-state index is 11.3. The third-order valence-electron chi connectivity index (χ3n) is 2.57. The van der Waals surface area contributed by atoms with Gasteiger partial charge in [-0.15, -0.1) is 23.7 Å². The average molecular weight is 283 g/mol. The molecule has 1 aromatic rings. The van der Waals surface area contributed by atoms with Crippen LogP contribution >= 0.6 is 23.7 Å². The molecule has 1 fully saturated rings. The van der Waals surface area contributed by atoms with Crippen LogP contribution in [0.4, 0.5) is 5.69 Å². The Kier molecular flexibility index (Phi) is 4.61. The third-order valence-corrected chi connectivity index (χ3v) is 4.97. The molecule has 0 spiro atoms. The van der Waals surface area contributed by atoms with E-state index in [0.717, 1.165) is 31.6 Å². The lowest BCUT2D eigenvalue weighted by Crippen LogP contribution is -2.30. The van der Waals surface area contributed by atoms with Crippen LogP contribution in [0.3, 0.4) is 0 Å². The lowest BCUT2D eigenvalue weighted by atomic mass is 10.1. The molecule has 1 aliphatic heterocycles. The van der Waals surface area contributed by atoms with Crippen molar-refractivity contribution in [2.24, 2.45) is 5.14 Å². The summed E-state index contributed by atoms with van der Waals surface area (Å²) in [4.78, 5) is 2.11. The smallest absolute Gasteiger partial charge is 0.249 e. The Bertz CT molecular complexity index is 438. The molecule has 92 valence electrons. The summed E-state index contributed by atoms with van der Waals surface area (Å²) in [5.74, 6) is 0.